The molecule has 0 radical (unpaired) electrons. The molecule has 0 saturated carbocycles. The molecule has 0 amide bonds. The molecule has 0 bridgehead atoms. The molecule has 0 unspecified atom stereocenters. The van der Waals surface area contributed by atoms with Gasteiger partial charge in [0.05, 0.1) is 0 Å². The molecule has 5 heteroatoms. The lowest BCUT2D eigenvalue weighted by molar-refractivity contribution is 0.891. The maximum Gasteiger partial charge on any atom is 0.404 e. The Kier molecular flexibility index (Phi) is 2.15. The van der Waals surface area contributed by atoms with Gasteiger partial charge in [-0.3, -0.25) is 4.79 Å². The molecule has 1 rings (SSSR count). The minimum Gasteiger partial charge on any atom is -0.336 e. The molecule has 0 N–H and O–H groups in total. The fourth-order valence-electron chi connectivity index (χ4n) is 0.593. The van der Waals surface area contributed by atoms with Crippen LogP contribution in [0.5, 0.6) is 0 Å². The second-order valence-corrected chi connectivity index (χ2v) is 3.30. The fraction of sp³-hybridized carbons (Fsp3) is 0.200. The largest absolute Gasteiger partial charge is 0.404 e. The fourth-order valence-corrected chi connectivity index (χ4v) is 1.24. The highest BCUT2D eigenvalue weighted by Crippen LogP contribution is 2.04. The summed E-state index contributed by atoms with van der Waals surface area (Å²) in [6.45, 7) is 1.76. The van der Waals surface area contributed by atoms with E-state index in [1.165, 1.54) is 3.67 Å². The van der Waals surface area contributed by atoms with Crippen LogP contribution in [-0.2, 0) is 0 Å². The average Bonchev–Trinajstić information content (AvgIpc) is 1.93. The first kappa shape index (κ1) is 7.81. The average molecular weight is 173 g/mol. The molecule has 0 aliphatic carbocycles. The van der Waals surface area contributed by atoms with Gasteiger partial charge >= 0.3 is 16.5 Å². The number of halogens is 1. The van der Waals surface area contributed by atoms with E-state index in [2.05, 4.69) is 5.10 Å². The normalized spacial score (nSPS) is 9.80. The van der Waals surface area contributed by atoms with Crippen LogP contribution in [0.4, 0.5) is 0 Å². The summed E-state index contributed by atoms with van der Waals surface area (Å²) in [5.74, 6) is 0. The zero-order valence-corrected chi connectivity index (χ0v) is 8.51. The Balaban J connectivity index is 3.50. The van der Waals surface area contributed by atoms with Gasteiger partial charge in [-0.1, -0.05) is 11.6 Å². The van der Waals surface area contributed by atoms with E-state index in [4.69, 9.17) is 11.6 Å². The summed E-state index contributed by atoms with van der Waals surface area (Å²) in [7, 11) is 0. The predicted molar refractivity (Wildman–Crippen MR) is 42.2 cm³/mol. The first-order valence-corrected chi connectivity index (χ1v) is 4.08. The number of aryl methyl sites for hydroxylation is 1. The van der Waals surface area contributed by atoms with Crippen LogP contribution in [0.25, 0.3) is 0 Å². The van der Waals surface area contributed by atoms with E-state index in [9.17, 15) is 4.79 Å². The number of hydrogen-bond donors (Lipinski definition) is 0. The number of aromatic nitrogens is 2. The Labute approximate surface area is 71.3 Å². The molecule has 0 fully saturated rings. The molecule has 1 aromatic rings. The Hall–Kier alpha value is -0.298. The molecule has 0 atom stereocenters. The third-order valence-corrected chi connectivity index (χ3v) is 2.35. The van der Waals surface area contributed by atoms with Crippen molar-refractivity contribution in [1.82, 2.24) is 8.76 Å². The summed E-state index contributed by atoms with van der Waals surface area (Å²) < 4.78 is 1.34. The lowest BCUT2D eigenvalue weighted by Gasteiger charge is -1.98. The predicted octanol–water partition coefficient (Wildman–Crippen LogP) is -0.399. The first-order valence-electron chi connectivity index (χ1n) is 2.81. The molecule has 3 nitrogen and oxygen atoms in total. The van der Waals surface area contributed by atoms with Crippen molar-refractivity contribution in [3.63, 3.8) is 0 Å². The Bertz CT molecular complexity index is 309. The SMILES string of the molecule is Cc1cn[n]([AlH2])c(=O)c1Cl. The summed E-state index contributed by atoms with van der Waals surface area (Å²) in [6.07, 6.45) is 1.59. The number of nitrogens with zero attached hydrogens (tertiary/aromatic N) is 2. The summed E-state index contributed by atoms with van der Waals surface area (Å²) in [5.41, 5.74) is 0.548. The van der Waals surface area contributed by atoms with Crippen molar-refractivity contribution < 1.29 is 0 Å². The molecule has 1 aromatic heterocycles. The van der Waals surface area contributed by atoms with E-state index in [0.29, 0.717) is 16.5 Å². The van der Waals surface area contributed by atoms with Crippen LogP contribution in [0.15, 0.2) is 11.0 Å². The van der Waals surface area contributed by atoms with Gasteiger partial charge in [-0.05, 0) is 12.5 Å². The maximum atomic E-state index is 11.0. The highest BCUT2D eigenvalue weighted by Gasteiger charge is 2.00. The monoisotopic (exact) mass is 172 g/mol. The van der Waals surface area contributed by atoms with Crippen LogP contribution in [0, 0.1) is 6.92 Å². The molecule has 0 saturated heterocycles. The van der Waals surface area contributed by atoms with Gasteiger partial charge in [0, 0.05) is 6.20 Å². The quantitative estimate of drug-likeness (QED) is 0.500. The summed E-state index contributed by atoms with van der Waals surface area (Å²) in [4.78, 5) is 11.0. The Morgan fingerprint density at radius 1 is 1.80 bits per heavy atom. The lowest BCUT2D eigenvalue weighted by atomic mass is 10.3. The molecular weight excluding hydrogens is 167 g/mol. The van der Waals surface area contributed by atoms with E-state index in [0.717, 1.165) is 5.56 Å². The van der Waals surface area contributed by atoms with Crippen LogP contribution in [-0.4, -0.2) is 25.3 Å². The van der Waals surface area contributed by atoms with E-state index in [-0.39, 0.29) is 10.6 Å². The molecular formula is C5H6AlClN2O. The van der Waals surface area contributed by atoms with E-state index >= 15 is 0 Å². The second-order valence-electron chi connectivity index (χ2n) is 2.07. The molecule has 0 spiro atoms. The van der Waals surface area contributed by atoms with Crippen molar-refractivity contribution in [2.45, 2.75) is 6.92 Å². The molecule has 10 heavy (non-hydrogen) atoms. The first-order chi connectivity index (χ1) is 4.63. The molecule has 52 valence electrons. The van der Waals surface area contributed by atoms with Gasteiger partial charge in [0.2, 0.25) is 0 Å². The maximum absolute atomic E-state index is 11.0. The Morgan fingerprint density at radius 3 is 2.90 bits per heavy atom. The number of rotatable bonds is 0. The third kappa shape index (κ3) is 1.24. The second kappa shape index (κ2) is 2.75. The zero-order valence-electron chi connectivity index (χ0n) is 5.76. The zero-order chi connectivity index (χ0) is 7.72. The Morgan fingerprint density at radius 2 is 2.40 bits per heavy atom. The summed E-state index contributed by atoms with van der Waals surface area (Å²) in [6, 6.07) is 0. The molecule has 0 aromatic carbocycles. The van der Waals surface area contributed by atoms with Gasteiger partial charge in [-0.25, -0.2) is 5.10 Å². The highest BCUT2D eigenvalue weighted by atomic mass is 35.5. The van der Waals surface area contributed by atoms with E-state index in [1.54, 1.807) is 13.1 Å². The molecule has 0 aliphatic heterocycles. The van der Waals surface area contributed by atoms with Crippen LogP contribution in [0.1, 0.15) is 5.56 Å². The van der Waals surface area contributed by atoms with E-state index < -0.39 is 0 Å². The van der Waals surface area contributed by atoms with Crippen LogP contribution >= 0.6 is 11.6 Å². The minimum atomic E-state index is -0.187. The van der Waals surface area contributed by atoms with Gasteiger partial charge in [0.15, 0.2) is 0 Å². The summed E-state index contributed by atoms with van der Waals surface area (Å²) >= 11 is 6.21. The smallest absolute Gasteiger partial charge is 0.336 e. The topological polar surface area (TPSA) is 34.9 Å². The van der Waals surface area contributed by atoms with Crippen molar-refractivity contribution >= 4 is 28.1 Å². The minimum absolute atomic E-state index is 0.187. The van der Waals surface area contributed by atoms with Crippen molar-refractivity contribution in [3.05, 3.63) is 27.1 Å². The van der Waals surface area contributed by atoms with Crippen LogP contribution < -0.4 is 5.56 Å². The lowest BCUT2D eigenvalue weighted by Crippen LogP contribution is -2.21. The standard InChI is InChI=1S/C5H5ClN2O.Al.2H/c1-3-2-7-8-5(9)4(3)6;;;/h2H,1H3,(H,8,9);;;/q;+1;;/p-1. The highest BCUT2D eigenvalue weighted by molar-refractivity contribution is 6.31. The van der Waals surface area contributed by atoms with Gasteiger partial charge in [-0.15, -0.1) is 0 Å². The van der Waals surface area contributed by atoms with E-state index in [1.807, 2.05) is 0 Å². The van der Waals surface area contributed by atoms with Crippen molar-refractivity contribution in [2.24, 2.45) is 0 Å². The van der Waals surface area contributed by atoms with Crippen LogP contribution in [0.2, 0.25) is 5.02 Å². The van der Waals surface area contributed by atoms with Gasteiger partial charge in [0.1, 0.15) is 5.02 Å². The van der Waals surface area contributed by atoms with Gasteiger partial charge in [0.25, 0.3) is 5.56 Å². The summed E-state index contributed by atoms with van der Waals surface area (Å²) in [5, 5.41) is 4.10. The molecule has 1 heterocycles. The van der Waals surface area contributed by atoms with Crippen molar-refractivity contribution in [3.8, 4) is 0 Å². The van der Waals surface area contributed by atoms with Crippen molar-refractivity contribution in [1.29, 1.82) is 0 Å². The van der Waals surface area contributed by atoms with Gasteiger partial charge in [-0.2, -0.15) is 0 Å². The third-order valence-electron chi connectivity index (χ3n) is 1.25. The molecule has 0 aliphatic rings. The van der Waals surface area contributed by atoms with Crippen LogP contribution in [0.3, 0.4) is 0 Å². The van der Waals surface area contributed by atoms with Crippen molar-refractivity contribution in [2.75, 3.05) is 0 Å². The van der Waals surface area contributed by atoms with Gasteiger partial charge < -0.3 is 3.67 Å². The number of hydrogen-bond acceptors (Lipinski definition) is 2.